The second kappa shape index (κ2) is 7.02. The third kappa shape index (κ3) is 3.92. The fraction of sp³-hybridized carbons (Fsp3) is 0.143. The van der Waals surface area contributed by atoms with Gasteiger partial charge in [0, 0.05) is 12.5 Å². The highest BCUT2D eigenvalue weighted by Gasteiger charge is 2.22. The summed E-state index contributed by atoms with van der Waals surface area (Å²) >= 11 is 0. The van der Waals surface area contributed by atoms with Gasteiger partial charge < -0.3 is 20.1 Å². The Morgan fingerprint density at radius 3 is 1.91 bits per heavy atom. The van der Waals surface area contributed by atoms with Crippen molar-refractivity contribution in [3.05, 3.63) is 47.0 Å². The van der Waals surface area contributed by atoms with Crippen molar-refractivity contribution in [1.29, 1.82) is 0 Å². The van der Waals surface area contributed by atoms with Gasteiger partial charge in [-0.1, -0.05) is 6.58 Å². The third-order valence-electron chi connectivity index (χ3n) is 2.72. The summed E-state index contributed by atoms with van der Waals surface area (Å²) < 4.78 is 4.69. The van der Waals surface area contributed by atoms with E-state index >= 15 is 0 Å². The highest BCUT2D eigenvalue weighted by atomic mass is 16.5. The van der Waals surface area contributed by atoms with Crippen molar-refractivity contribution in [3.63, 3.8) is 0 Å². The molecular weight excluding hydrogens is 296 g/mol. The minimum Gasteiger partial charge on any atom is -0.478 e. The quantitative estimate of drug-likeness (QED) is 0.502. The molecule has 8 heteroatoms. The number of carbonyl (C=O) groups excluding carboxylic acids is 1. The molecule has 0 spiro atoms. The predicted molar refractivity (Wildman–Crippen MR) is 72.2 cm³/mol. The zero-order chi connectivity index (χ0) is 16.9. The molecule has 0 fully saturated rings. The third-order valence-corrected chi connectivity index (χ3v) is 2.72. The molecule has 0 saturated carbocycles. The van der Waals surface area contributed by atoms with Crippen molar-refractivity contribution in [2.24, 2.45) is 0 Å². The first-order valence-electron chi connectivity index (χ1n) is 5.94. The van der Waals surface area contributed by atoms with Gasteiger partial charge >= 0.3 is 23.9 Å². The highest BCUT2D eigenvalue weighted by molar-refractivity contribution is 6.04. The fourth-order valence-corrected chi connectivity index (χ4v) is 1.72. The Morgan fingerprint density at radius 1 is 0.955 bits per heavy atom. The van der Waals surface area contributed by atoms with Crippen LogP contribution < -0.4 is 0 Å². The van der Waals surface area contributed by atoms with Crippen LogP contribution in [0.3, 0.4) is 0 Å². The Balaban J connectivity index is 3.24. The average molecular weight is 308 g/mol. The van der Waals surface area contributed by atoms with Crippen LogP contribution in [0.1, 0.15) is 36.6 Å². The number of benzene rings is 1. The van der Waals surface area contributed by atoms with Crippen LogP contribution in [0.5, 0.6) is 0 Å². The van der Waals surface area contributed by atoms with Gasteiger partial charge in [-0.25, -0.2) is 19.2 Å². The minimum atomic E-state index is -1.55. The number of carbonyl (C=O) groups is 4. The van der Waals surface area contributed by atoms with Gasteiger partial charge in [0.25, 0.3) is 0 Å². The van der Waals surface area contributed by atoms with Gasteiger partial charge in [0.2, 0.25) is 0 Å². The molecule has 3 N–H and O–H groups in total. The molecule has 0 radical (unpaired) electrons. The van der Waals surface area contributed by atoms with Crippen LogP contribution in [0.4, 0.5) is 0 Å². The highest BCUT2D eigenvalue weighted by Crippen LogP contribution is 2.19. The topological polar surface area (TPSA) is 138 Å². The van der Waals surface area contributed by atoms with E-state index in [-0.39, 0.29) is 24.2 Å². The number of carboxylic acids is 3. The molecule has 0 heterocycles. The van der Waals surface area contributed by atoms with E-state index in [2.05, 4.69) is 6.58 Å². The Bertz CT molecular complexity index is 659. The zero-order valence-electron chi connectivity index (χ0n) is 11.2. The summed E-state index contributed by atoms with van der Waals surface area (Å²) in [6, 6.07) is 1.73. The molecule has 1 rings (SSSR count). The number of hydrogen-bond donors (Lipinski definition) is 3. The van der Waals surface area contributed by atoms with Gasteiger partial charge in [0.05, 0.1) is 23.3 Å². The van der Waals surface area contributed by atoms with Crippen molar-refractivity contribution >= 4 is 23.9 Å². The van der Waals surface area contributed by atoms with Gasteiger partial charge in [0.15, 0.2) is 0 Å². The Kier molecular flexibility index (Phi) is 5.39. The Hall–Kier alpha value is -3.16. The van der Waals surface area contributed by atoms with Crippen LogP contribution in [-0.4, -0.2) is 45.8 Å². The maximum Gasteiger partial charge on any atom is 0.336 e. The molecule has 8 nitrogen and oxygen atoms in total. The van der Waals surface area contributed by atoms with Gasteiger partial charge in [-0.3, -0.25) is 0 Å². The van der Waals surface area contributed by atoms with Crippen molar-refractivity contribution in [2.45, 2.75) is 6.42 Å². The molecule has 0 aliphatic carbocycles. The van der Waals surface area contributed by atoms with Crippen LogP contribution in [0, 0.1) is 0 Å². The summed E-state index contributed by atoms with van der Waals surface area (Å²) in [4.78, 5) is 44.2. The molecule has 0 aliphatic rings. The summed E-state index contributed by atoms with van der Waals surface area (Å²) in [6.07, 6.45) is 0.843. The fourth-order valence-electron chi connectivity index (χ4n) is 1.72. The maximum absolute atomic E-state index is 11.2. The van der Waals surface area contributed by atoms with Gasteiger partial charge in [0.1, 0.15) is 0 Å². The van der Waals surface area contributed by atoms with E-state index in [9.17, 15) is 19.2 Å². The van der Waals surface area contributed by atoms with Gasteiger partial charge in [-0.05, 0) is 17.7 Å². The lowest BCUT2D eigenvalue weighted by Crippen LogP contribution is -2.14. The van der Waals surface area contributed by atoms with Crippen LogP contribution in [-0.2, 0) is 16.0 Å². The molecule has 1 aromatic rings. The first kappa shape index (κ1) is 16.9. The number of aromatic carboxylic acids is 3. The zero-order valence-corrected chi connectivity index (χ0v) is 11.2. The number of esters is 1. The van der Waals surface area contributed by atoms with E-state index in [1.165, 1.54) is 0 Å². The second-order valence-corrected chi connectivity index (χ2v) is 4.09. The largest absolute Gasteiger partial charge is 0.478 e. The van der Waals surface area contributed by atoms with E-state index in [1.807, 2.05) is 0 Å². The standard InChI is InChI=1S/C14H12O8/c1-2-11(15)22-4-3-7-5-9(13(18)19)10(14(20)21)6-8(7)12(16)17/h2,5-6H,1,3-4H2,(H,16,17)(H,18,19)(H,20,21). The molecule has 0 bridgehead atoms. The second-order valence-electron chi connectivity index (χ2n) is 4.09. The van der Waals surface area contributed by atoms with E-state index in [1.54, 1.807) is 0 Å². The first-order chi connectivity index (χ1) is 10.3. The maximum atomic E-state index is 11.2. The number of hydrogen-bond acceptors (Lipinski definition) is 5. The lowest BCUT2D eigenvalue weighted by Gasteiger charge is -2.10. The van der Waals surface area contributed by atoms with E-state index in [0.717, 1.165) is 18.2 Å². The summed E-state index contributed by atoms with van der Waals surface area (Å²) in [5.41, 5.74) is -1.48. The lowest BCUT2D eigenvalue weighted by molar-refractivity contribution is -0.137. The molecule has 0 unspecified atom stereocenters. The summed E-state index contributed by atoms with van der Waals surface area (Å²) in [6.45, 7) is 2.99. The van der Waals surface area contributed by atoms with E-state index < -0.39 is 35.0 Å². The van der Waals surface area contributed by atoms with Gasteiger partial charge in [-0.15, -0.1) is 0 Å². The molecule has 0 amide bonds. The molecule has 0 aliphatic heterocycles. The van der Waals surface area contributed by atoms with Crippen molar-refractivity contribution < 1.29 is 39.2 Å². The number of ether oxygens (including phenoxy) is 1. The summed E-state index contributed by atoms with van der Waals surface area (Å²) in [5.74, 6) is -5.18. The molecular formula is C14H12O8. The van der Waals surface area contributed by atoms with Crippen LogP contribution in [0.15, 0.2) is 24.8 Å². The Labute approximate surface area is 124 Å². The van der Waals surface area contributed by atoms with Crippen LogP contribution >= 0.6 is 0 Å². The summed E-state index contributed by atoms with van der Waals surface area (Å²) in [7, 11) is 0. The SMILES string of the molecule is C=CC(=O)OCCc1cc(C(=O)O)c(C(=O)O)cc1C(=O)O. The molecule has 1 aromatic carbocycles. The van der Waals surface area contributed by atoms with E-state index in [0.29, 0.717) is 0 Å². The lowest BCUT2D eigenvalue weighted by atomic mass is 9.96. The number of carboxylic acid groups (broad SMARTS) is 3. The molecule has 22 heavy (non-hydrogen) atoms. The first-order valence-corrected chi connectivity index (χ1v) is 5.94. The Morgan fingerprint density at radius 2 is 1.45 bits per heavy atom. The molecule has 0 atom stereocenters. The summed E-state index contributed by atoms with van der Waals surface area (Å²) in [5, 5.41) is 27.1. The minimum absolute atomic E-state index is 0.0479. The predicted octanol–water partition coefficient (Wildman–Crippen LogP) is 1.05. The normalized spacial score (nSPS) is 9.82. The van der Waals surface area contributed by atoms with Crippen LogP contribution in [0.2, 0.25) is 0 Å². The van der Waals surface area contributed by atoms with Crippen molar-refractivity contribution in [1.82, 2.24) is 0 Å². The molecule has 0 aromatic heterocycles. The van der Waals surface area contributed by atoms with Crippen LogP contribution in [0.25, 0.3) is 0 Å². The monoisotopic (exact) mass is 308 g/mol. The van der Waals surface area contributed by atoms with Crippen molar-refractivity contribution in [2.75, 3.05) is 6.61 Å². The van der Waals surface area contributed by atoms with Crippen molar-refractivity contribution in [3.8, 4) is 0 Å². The smallest absolute Gasteiger partial charge is 0.336 e. The average Bonchev–Trinajstić information content (AvgIpc) is 2.45. The van der Waals surface area contributed by atoms with E-state index in [4.69, 9.17) is 20.1 Å². The molecule has 0 saturated heterocycles. The van der Waals surface area contributed by atoms with Gasteiger partial charge in [-0.2, -0.15) is 0 Å². The number of rotatable bonds is 7. The molecule has 116 valence electrons.